The van der Waals surface area contributed by atoms with Gasteiger partial charge in [-0.05, 0) is 96.4 Å². The maximum atomic E-state index is 14.7. The van der Waals surface area contributed by atoms with Crippen LogP contribution in [0.4, 0.5) is 18.9 Å². The third-order valence-corrected chi connectivity index (χ3v) is 15.2. The van der Waals surface area contributed by atoms with E-state index in [1.165, 1.54) is 22.4 Å². The average molecular weight is 987 g/mol. The van der Waals surface area contributed by atoms with E-state index in [-0.39, 0.29) is 36.4 Å². The van der Waals surface area contributed by atoms with Gasteiger partial charge in [0.05, 0.1) is 42.7 Å². The van der Waals surface area contributed by atoms with Crippen molar-refractivity contribution in [3.8, 4) is 5.69 Å². The lowest BCUT2D eigenvalue weighted by molar-refractivity contribution is -0.137. The number of benzene rings is 3. The Morgan fingerprint density at radius 3 is 2.38 bits per heavy atom. The Bertz CT molecular complexity index is 3080. The molecule has 0 saturated carbocycles. The third-order valence-electron chi connectivity index (χ3n) is 15.2. The number of hydrogen-bond acceptors (Lipinski definition) is 11. The van der Waals surface area contributed by atoms with Crippen LogP contribution in [0.1, 0.15) is 75.2 Å². The molecule has 0 bridgehead atoms. The molecule has 1 unspecified atom stereocenters. The van der Waals surface area contributed by atoms with Gasteiger partial charge in [0.15, 0.2) is 0 Å². The number of piperazine rings is 1. The molecule has 0 aliphatic carbocycles. The maximum Gasteiger partial charge on any atom is 0.418 e. The van der Waals surface area contributed by atoms with Gasteiger partial charge in [0.25, 0.3) is 5.91 Å². The molecule has 72 heavy (non-hydrogen) atoms. The molecular formula is C53H57F3N10O6. The molecule has 5 aliphatic rings. The van der Waals surface area contributed by atoms with E-state index in [0.717, 1.165) is 84.6 Å². The van der Waals surface area contributed by atoms with Gasteiger partial charge in [-0.2, -0.15) is 13.2 Å². The van der Waals surface area contributed by atoms with Gasteiger partial charge in [0.2, 0.25) is 11.8 Å². The summed E-state index contributed by atoms with van der Waals surface area (Å²) in [5.74, 6) is -0.0877. The van der Waals surface area contributed by atoms with Crippen LogP contribution in [-0.2, 0) is 70.2 Å². The van der Waals surface area contributed by atoms with Crippen LogP contribution in [0.25, 0.3) is 11.2 Å². The second-order valence-electron chi connectivity index (χ2n) is 20.1. The molecule has 376 valence electrons. The van der Waals surface area contributed by atoms with Gasteiger partial charge in [0.1, 0.15) is 18.2 Å². The van der Waals surface area contributed by atoms with E-state index in [9.17, 15) is 32.3 Å². The van der Waals surface area contributed by atoms with Crippen LogP contribution < -0.4 is 15.9 Å². The number of amides is 3. The lowest BCUT2D eigenvalue weighted by atomic mass is 9.75. The first-order valence-corrected chi connectivity index (χ1v) is 24.8. The zero-order valence-corrected chi connectivity index (χ0v) is 40.2. The smallest absolute Gasteiger partial charge is 0.379 e. The van der Waals surface area contributed by atoms with Crippen LogP contribution in [0.15, 0.2) is 96.3 Å². The van der Waals surface area contributed by atoms with Crippen LogP contribution >= 0.6 is 0 Å². The van der Waals surface area contributed by atoms with E-state index in [1.54, 1.807) is 23.5 Å². The van der Waals surface area contributed by atoms with Gasteiger partial charge in [-0.25, -0.2) is 4.79 Å². The highest BCUT2D eigenvalue weighted by Crippen LogP contribution is 2.38. The summed E-state index contributed by atoms with van der Waals surface area (Å²) in [6.45, 7) is 7.59. The SMILES string of the molecule is Cn1cnnc1CC1(c2cccc(-n3cc4c(C(F)(F)F)cc(CN5CCC[C@@H](OCCc6ccc(CN7CCN(c8ccc9c(c8)CN(C8CCC(=O)NC8=O)C9=O)CC7)cc6)C5)cn4c3=O)c2)COC1. The Labute approximate surface area is 413 Å². The van der Waals surface area contributed by atoms with E-state index in [0.29, 0.717) is 69.1 Å². The Kier molecular flexibility index (Phi) is 12.8. The number of halogens is 3. The zero-order chi connectivity index (χ0) is 49.7. The highest BCUT2D eigenvalue weighted by atomic mass is 19.4. The number of carbonyl (C=O) groups is 3. The molecule has 8 heterocycles. The Morgan fingerprint density at radius 1 is 0.847 bits per heavy atom. The number of nitrogens with one attached hydrogen (secondary N) is 1. The molecule has 16 nitrogen and oxygen atoms in total. The number of piperidine rings is 2. The second-order valence-corrected chi connectivity index (χ2v) is 20.1. The largest absolute Gasteiger partial charge is 0.418 e. The highest BCUT2D eigenvalue weighted by Gasteiger charge is 2.43. The number of pyridine rings is 1. The lowest BCUT2D eigenvalue weighted by Gasteiger charge is -2.41. The number of aromatic nitrogens is 5. The summed E-state index contributed by atoms with van der Waals surface area (Å²) in [7, 11) is 1.87. The summed E-state index contributed by atoms with van der Waals surface area (Å²) in [6.07, 6.45) is 3.28. The standard InChI is InChI=1S/C53H57F3N10O6/c1-60-34-57-59-47(60)25-52(32-71-33-52)39-4-2-5-41(24-39)64-31-46-44(53(54,55)56)22-37(28-66(46)51(64)70)27-62-16-3-6-42(30-62)72-21-15-35-7-9-36(10-8-35)26-61-17-19-63(20-18-61)40-11-12-43-38(23-40)29-65(50(43)69)45-13-14-48(67)58-49(45)68/h2,4-5,7-12,22-24,28,31,34,42,45H,3,6,13-21,25-27,29-30,32-33H2,1H3,(H,58,67,68)/t42-,45?/m1/s1. The average Bonchev–Trinajstić information content (AvgIpc) is 4.03. The van der Waals surface area contributed by atoms with E-state index in [1.807, 2.05) is 41.9 Å². The first-order chi connectivity index (χ1) is 34.8. The van der Waals surface area contributed by atoms with Gasteiger partial charge < -0.3 is 23.8 Å². The minimum absolute atomic E-state index is 0.0663. The third kappa shape index (κ3) is 9.57. The number of alkyl halides is 3. The molecule has 0 spiro atoms. The molecule has 3 amide bonds. The first-order valence-electron chi connectivity index (χ1n) is 24.8. The summed E-state index contributed by atoms with van der Waals surface area (Å²) in [5.41, 5.74) is 4.71. The van der Waals surface area contributed by atoms with Crippen molar-refractivity contribution < 1.29 is 37.0 Å². The van der Waals surface area contributed by atoms with Crippen molar-refractivity contribution in [3.05, 3.63) is 147 Å². The number of fused-ring (bicyclic) bond motifs is 2. The fraction of sp³-hybridized carbons (Fsp3) is 0.434. The minimum Gasteiger partial charge on any atom is -0.379 e. The van der Waals surface area contributed by atoms with Gasteiger partial charge in [0, 0.05) is 101 Å². The monoisotopic (exact) mass is 986 g/mol. The molecule has 4 fully saturated rings. The van der Waals surface area contributed by atoms with Crippen molar-refractivity contribution in [1.82, 2.24) is 43.7 Å². The summed E-state index contributed by atoms with van der Waals surface area (Å²) in [4.78, 5) is 59.8. The van der Waals surface area contributed by atoms with Crippen molar-refractivity contribution in [3.63, 3.8) is 0 Å². The minimum atomic E-state index is -4.68. The molecule has 5 aliphatic heterocycles. The molecule has 19 heteroatoms. The van der Waals surface area contributed by atoms with E-state index in [2.05, 4.69) is 60.5 Å². The van der Waals surface area contributed by atoms with Crippen LogP contribution in [0.3, 0.4) is 0 Å². The zero-order valence-electron chi connectivity index (χ0n) is 40.2. The van der Waals surface area contributed by atoms with Crippen molar-refractivity contribution >= 4 is 28.9 Å². The molecular weight excluding hydrogens is 930 g/mol. The molecule has 2 atom stereocenters. The normalized spacial score (nSPS) is 20.8. The fourth-order valence-electron chi connectivity index (χ4n) is 11.1. The van der Waals surface area contributed by atoms with Crippen molar-refractivity contribution in [2.45, 2.75) is 81.9 Å². The van der Waals surface area contributed by atoms with E-state index >= 15 is 0 Å². The summed E-state index contributed by atoms with van der Waals surface area (Å²) >= 11 is 0. The summed E-state index contributed by atoms with van der Waals surface area (Å²) in [6, 6.07) is 22.4. The number of anilines is 1. The van der Waals surface area contributed by atoms with Crippen LogP contribution in [0.5, 0.6) is 0 Å². The van der Waals surface area contributed by atoms with E-state index < -0.39 is 34.8 Å². The molecule has 11 rings (SSSR count). The first kappa shape index (κ1) is 47.6. The molecule has 6 aromatic rings. The Balaban J connectivity index is 0.667. The summed E-state index contributed by atoms with van der Waals surface area (Å²) < 4.78 is 60.5. The second kappa shape index (κ2) is 19.4. The number of hydrogen-bond donors (Lipinski definition) is 1. The quantitative estimate of drug-likeness (QED) is 0.146. The molecule has 0 radical (unpaired) electrons. The Morgan fingerprint density at radius 2 is 1.64 bits per heavy atom. The Hall–Kier alpha value is -6.67. The van der Waals surface area contributed by atoms with Crippen LogP contribution in [0, 0.1) is 0 Å². The molecule has 1 N–H and O–H groups in total. The molecule has 3 aromatic carbocycles. The van der Waals surface area contributed by atoms with Crippen molar-refractivity contribution in [2.75, 3.05) is 64.0 Å². The molecule has 3 aromatic heterocycles. The van der Waals surface area contributed by atoms with Gasteiger partial charge in [-0.3, -0.25) is 38.5 Å². The summed E-state index contributed by atoms with van der Waals surface area (Å²) in [5, 5.41) is 10.6. The number of rotatable bonds is 14. The predicted molar refractivity (Wildman–Crippen MR) is 260 cm³/mol. The predicted octanol–water partition coefficient (Wildman–Crippen LogP) is 5.06. The van der Waals surface area contributed by atoms with Gasteiger partial charge >= 0.3 is 11.9 Å². The van der Waals surface area contributed by atoms with E-state index in [4.69, 9.17) is 9.47 Å². The molecule has 4 saturated heterocycles. The number of carbonyl (C=O) groups excluding carboxylic acids is 3. The number of imide groups is 1. The van der Waals surface area contributed by atoms with Gasteiger partial charge in [-0.15, -0.1) is 10.2 Å². The van der Waals surface area contributed by atoms with Crippen molar-refractivity contribution in [2.24, 2.45) is 7.05 Å². The number of ether oxygens (including phenoxy) is 2. The van der Waals surface area contributed by atoms with Crippen molar-refractivity contribution in [1.29, 1.82) is 0 Å². The van der Waals surface area contributed by atoms with Crippen LogP contribution in [-0.4, -0.2) is 127 Å². The fourth-order valence-corrected chi connectivity index (χ4v) is 11.1. The van der Waals surface area contributed by atoms with Gasteiger partial charge in [-0.1, -0.05) is 36.4 Å². The topological polar surface area (TPSA) is 152 Å². The van der Waals surface area contributed by atoms with Crippen LogP contribution in [0.2, 0.25) is 0 Å². The highest BCUT2D eigenvalue weighted by molar-refractivity contribution is 6.05. The lowest BCUT2D eigenvalue weighted by Crippen LogP contribution is -2.52. The maximum absolute atomic E-state index is 14.7. The number of nitrogens with zero attached hydrogens (tertiary/aromatic N) is 9. The number of aryl methyl sites for hydroxylation is 1. The number of likely N-dealkylation sites (tertiary alicyclic amines) is 1. The number of imidazole rings is 1.